The molecule has 0 amide bonds. The molecule has 230 valence electrons. The summed E-state index contributed by atoms with van der Waals surface area (Å²) in [6.07, 6.45) is 0. The third kappa shape index (κ3) is 7.29. The molecule has 5 rings (SSSR count). The van der Waals surface area contributed by atoms with Crippen LogP contribution in [0.5, 0.6) is 0 Å². The van der Waals surface area contributed by atoms with Crippen molar-refractivity contribution >= 4 is 45.6 Å². The standard InChI is InChI=1S/C40H40N6/c1-25-26(2)40(44-32(8)38-24-16-22-36(46-38)30(6)42-34-19-13-10-14-20-34)28(4)27(3)39(25)43-31(7)37-23-15-21-35(45-37)29(5)41-33-17-11-9-12-18-33/h9-24H,1-8H3/b41-29+,42-30+,43-31+,44-32+. The van der Waals surface area contributed by atoms with Crippen molar-refractivity contribution in [1.82, 2.24) is 9.97 Å². The van der Waals surface area contributed by atoms with E-state index in [0.717, 1.165) is 90.6 Å². The van der Waals surface area contributed by atoms with E-state index >= 15 is 0 Å². The highest BCUT2D eigenvalue weighted by molar-refractivity contribution is 6.04. The highest BCUT2D eigenvalue weighted by Crippen LogP contribution is 2.38. The summed E-state index contributed by atoms with van der Waals surface area (Å²) in [5.74, 6) is 0. The first-order chi connectivity index (χ1) is 22.1. The molecule has 6 heteroatoms. The van der Waals surface area contributed by atoms with E-state index in [4.69, 9.17) is 29.9 Å². The first kappa shape index (κ1) is 32.0. The van der Waals surface area contributed by atoms with E-state index in [9.17, 15) is 0 Å². The van der Waals surface area contributed by atoms with E-state index in [2.05, 4.69) is 27.7 Å². The minimum absolute atomic E-state index is 0.823. The van der Waals surface area contributed by atoms with Crippen LogP contribution in [0.15, 0.2) is 117 Å². The van der Waals surface area contributed by atoms with Gasteiger partial charge in [0.1, 0.15) is 0 Å². The Morgan fingerprint density at radius 2 is 0.652 bits per heavy atom. The second-order valence-corrected chi connectivity index (χ2v) is 11.5. The zero-order chi connectivity index (χ0) is 32.8. The second kappa shape index (κ2) is 14.2. The van der Waals surface area contributed by atoms with Crippen molar-refractivity contribution < 1.29 is 0 Å². The Morgan fingerprint density at radius 1 is 0.370 bits per heavy atom. The average Bonchev–Trinajstić information content (AvgIpc) is 3.08. The summed E-state index contributed by atoms with van der Waals surface area (Å²) >= 11 is 0. The summed E-state index contributed by atoms with van der Waals surface area (Å²) in [5, 5.41) is 0. The predicted molar refractivity (Wildman–Crippen MR) is 194 cm³/mol. The van der Waals surface area contributed by atoms with Crippen LogP contribution < -0.4 is 0 Å². The Kier molecular flexibility index (Phi) is 9.87. The molecule has 2 aromatic heterocycles. The highest BCUT2D eigenvalue weighted by Gasteiger charge is 2.16. The summed E-state index contributed by atoms with van der Waals surface area (Å²) in [7, 11) is 0. The third-order valence-electron chi connectivity index (χ3n) is 8.19. The molecule has 0 saturated carbocycles. The molecule has 0 atom stereocenters. The van der Waals surface area contributed by atoms with Gasteiger partial charge in [-0.1, -0.05) is 48.5 Å². The van der Waals surface area contributed by atoms with Gasteiger partial charge >= 0.3 is 0 Å². The largest absolute Gasteiger partial charge is 0.252 e. The number of pyridine rings is 2. The van der Waals surface area contributed by atoms with Crippen LogP contribution in [0, 0.1) is 27.7 Å². The first-order valence-electron chi connectivity index (χ1n) is 15.5. The third-order valence-corrected chi connectivity index (χ3v) is 8.19. The molecule has 0 unspecified atom stereocenters. The van der Waals surface area contributed by atoms with E-state index in [0.29, 0.717) is 0 Å². The number of nitrogens with zero attached hydrogens (tertiary/aromatic N) is 6. The summed E-state index contributed by atoms with van der Waals surface area (Å²) in [4.78, 5) is 29.5. The molecule has 5 aromatic rings. The number of hydrogen-bond acceptors (Lipinski definition) is 6. The molecule has 0 radical (unpaired) electrons. The van der Waals surface area contributed by atoms with Crippen molar-refractivity contribution in [3.8, 4) is 0 Å². The number of aliphatic imine (C=N–C) groups is 4. The molecule has 0 fully saturated rings. The molecule has 0 N–H and O–H groups in total. The molecule has 6 nitrogen and oxygen atoms in total. The molecule has 0 aliphatic carbocycles. The Bertz CT molecular complexity index is 1830. The Balaban J connectivity index is 1.45. The molecular formula is C40H40N6. The van der Waals surface area contributed by atoms with Gasteiger partial charge in [0.15, 0.2) is 0 Å². The van der Waals surface area contributed by atoms with E-state index in [-0.39, 0.29) is 0 Å². The number of rotatable bonds is 8. The lowest BCUT2D eigenvalue weighted by Crippen LogP contribution is -2.06. The summed E-state index contributed by atoms with van der Waals surface area (Å²) in [6, 6.07) is 31.9. The van der Waals surface area contributed by atoms with Gasteiger partial charge in [0.25, 0.3) is 0 Å². The van der Waals surface area contributed by atoms with Crippen molar-refractivity contribution in [1.29, 1.82) is 0 Å². The van der Waals surface area contributed by atoms with Gasteiger partial charge in [-0.3, -0.25) is 20.0 Å². The minimum atomic E-state index is 0.823. The van der Waals surface area contributed by atoms with Crippen LogP contribution in [0.25, 0.3) is 0 Å². The quantitative estimate of drug-likeness (QED) is 0.165. The van der Waals surface area contributed by atoms with Crippen LogP contribution in [-0.2, 0) is 0 Å². The smallest absolute Gasteiger partial charge is 0.0849 e. The summed E-state index contributed by atoms with van der Waals surface area (Å²) in [5.41, 5.74) is 14.8. The molecule has 2 heterocycles. The molecule has 0 bridgehead atoms. The van der Waals surface area contributed by atoms with Gasteiger partial charge in [0.05, 0.1) is 68.4 Å². The Morgan fingerprint density at radius 3 is 0.957 bits per heavy atom. The zero-order valence-corrected chi connectivity index (χ0v) is 27.9. The first-order valence-corrected chi connectivity index (χ1v) is 15.5. The number of hydrogen-bond donors (Lipinski definition) is 0. The Hall–Kier alpha value is -5.36. The van der Waals surface area contributed by atoms with Gasteiger partial charge in [0.2, 0.25) is 0 Å². The predicted octanol–water partition coefficient (Wildman–Crippen LogP) is 10.3. The molecule has 0 saturated heterocycles. The molecule has 3 aromatic carbocycles. The molecule has 0 spiro atoms. The lowest BCUT2D eigenvalue weighted by molar-refractivity contribution is 1.18. The lowest BCUT2D eigenvalue weighted by atomic mass is 9.96. The summed E-state index contributed by atoms with van der Waals surface area (Å²) in [6.45, 7) is 16.5. The lowest BCUT2D eigenvalue weighted by Gasteiger charge is -2.17. The maximum Gasteiger partial charge on any atom is 0.0849 e. The fourth-order valence-corrected chi connectivity index (χ4v) is 5.24. The maximum atomic E-state index is 5.12. The number of benzene rings is 3. The topological polar surface area (TPSA) is 75.2 Å². The van der Waals surface area contributed by atoms with Crippen LogP contribution in [0.3, 0.4) is 0 Å². The van der Waals surface area contributed by atoms with E-state index in [1.165, 1.54) is 0 Å². The van der Waals surface area contributed by atoms with Crippen molar-refractivity contribution in [2.45, 2.75) is 55.4 Å². The minimum Gasteiger partial charge on any atom is -0.252 e. The zero-order valence-electron chi connectivity index (χ0n) is 27.9. The van der Waals surface area contributed by atoms with Gasteiger partial charge in [-0.05, 0) is 126 Å². The van der Waals surface area contributed by atoms with Crippen molar-refractivity contribution in [2.24, 2.45) is 20.0 Å². The van der Waals surface area contributed by atoms with Gasteiger partial charge < -0.3 is 0 Å². The fraction of sp³-hybridized carbons (Fsp3) is 0.200. The average molecular weight is 605 g/mol. The molecule has 46 heavy (non-hydrogen) atoms. The van der Waals surface area contributed by atoms with Crippen molar-refractivity contribution in [2.75, 3.05) is 0 Å². The van der Waals surface area contributed by atoms with Crippen molar-refractivity contribution in [3.05, 3.63) is 142 Å². The van der Waals surface area contributed by atoms with Gasteiger partial charge in [-0.2, -0.15) is 0 Å². The number of aromatic nitrogens is 2. The summed E-state index contributed by atoms with van der Waals surface area (Å²) < 4.78 is 0. The maximum absolute atomic E-state index is 5.12. The van der Waals surface area contributed by atoms with E-state index in [1.807, 2.05) is 125 Å². The fourth-order valence-electron chi connectivity index (χ4n) is 5.24. The van der Waals surface area contributed by atoms with Crippen LogP contribution >= 0.6 is 0 Å². The van der Waals surface area contributed by atoms with Crippen LogP contribution in [0.2, 0.25) is 0 Å². The SMILES string of the molecule is C/C(=N\c1ccccc1)c1cccc(/C(C)=N/c2c(C)c(C)c(/N=C(\C)c3cccc(/C(C)=N/c4ccccc4)n3)c(C)c2C)n1. The second-order valence-electron chi connectivity index (χ2n) is 11.5. The van der Waals surface area contributed by atoms with Crippen LogP contribution in [0.4, 0.5) is 22.7 Å². The van der Waals surface area contributed by atoms with Gasteiger partial charge in [0, 0.05) is 0 Å². The molecule has 0 aliphatic rings. The van der Waals surface area contributed by atoms with Crippen LogP contribution in [-0.4, -0.2) is 32.8 Å². The van der Waals surface area contributed by atoms with Crippen molar-refractivity contribution in [3.63, 3.8) is 0 Å². The molecule has 0 aliphatic heterocycles. The highest BCUT2D eigenvalue weighted by atomic mass is 14.9. The number of para-hydroxylation sites is 2. The monoisotopic (exact) mass is 604 g/mol. The van der Waals surface area contributed by atoms with Crippen LogP contribution in [0.1, 0.15) is 72.7 Å². The molecular weight excluding hydrogens is 564 g/mol. The van der Waals surface area contributed by atoms with E-state index in [1.54, 1.807) is 0 Å². The normalized spacial score (nSPS) is 12.9. The van der Waals surface area contributed by atoms with Gasteiger partial charge in [-0.15, -0.1) is 0 Å². The van der Waals surface area contributed by atoms with Gasteiger partial charge in [-0.25, -0.2) is 9.97 Å². The van der Waals surface area contributed by atoms with E-state index < -0.39 is 0 Å². The Labute approximate surface area is 272 Å².